The van der Waals surface area contributed by atoms with Crippen molar-refractivity contribution in [2.75, 3.05) is 36.9 Å². The fraction of sp³-hybridized carbons (Fsp3) is 0.512. The SMILES string of the molecule is C=C1C[C@@H]2C3CC[C@H](CN2c2nc(OC[C@@]45CCCN4C[C@H](F)C5)nc4c(F)c(-c5ncc(F)c6sc(N)c(C#N)c56)c(C)c1c24)N3C(=O)OC(C)OC(=O)C(C)C. The first-order valence-electron chi connectivity index (χ1n) is 19.7. The molecule has 0 spiro atoms. The second-order valence-electron chi connectivity index (χ2n) is 16.5. The first-order valence-corrected chi connectivity index (χ1v) is 20.5. The number of hydrogen-bond donors (Lipinski definition) is 1. The van der Waals surface area contributed by atoms with Gasteiger partial charge in [-0.1, -0.05) is 20.4 Å². The van der Waals surface area contributed by atoms with E-state index in [4.69, 9.17) is 29.9 Å². The van der Waals surface area contributed by atoms with E-state index in [0.717, 1.165) is 36.9 Å². The van der Waals surface area contributed by atoms with Crippen LogP contribution in [0.4, 0.5) is 28.8 Å². The van der Waals surface area contributed by atoms with E-state index in [9.17, 15) is 19.2 Å². The fourth-order valence-electron chi connectivity index (χ4n) is 10.1. The van der Waals surface area contributed by atoms with Crippen molar-refractivity contribution < 1.29 is 37.0 Å². The number of thiophene rings is 1. The molecule has 8 heterocycles. The number of rotatable bonds is 7. The van der Waals surface area contributed by atoms with E-state index in [-0.39, 0.29) is 68.2 Å². The Balaban J connectivity index is 1.18. The van der Waals surface area contributed by atoms with Crippen LogP contribution in [0.15, 0.2) is 12.8 Å². The number of amides is 1. The minimum Gasteiger partial charge on any atom is -0.461 e. The lowest BCUT2D eigenvalue weighted by molar-refractivity contribution is -0.170. The molecule has 5 aliphatic heterocycles. The first-order chi connectivity index (χ1) is 27.7. The Morgan fingerprint density at radius 2 is 1.93 bits per heavy atom. The molecule has 4 fully saturated rings. The summed E-state index contributed by atoms with van der Waals surface area (Å²) >= 11 is 0.890. The molecule has 2 N–H and O–H groups in total. The molecule has 1 aromatic carbocycles. The number of pyridine rings is 1. The average Bonchev–Trinajstić information content (AvgIpc) is 3.89. The number of hydrogen-bond acceptors (Lipinski definition) is 13. The molecule has 5 aliphatic rings. The van der Waals surface area contributed by atoms with E-state index in [1.807, 2.05) is 6.07 Å². The lowest BCUT2D eigenvalue weighted by atomic mass is 9.87. The van der Waals surface area contributed by atoms with Crippen molar-refractivity contribution in [2.45, 2.75) is 102 Å². The molecule has 3 aromatic heterocycles. The molecule has 6 atom stereocenters. The second-order valence-corrected chi connectivity index (χ2v) is 17.5. The van der Waals surface area contributed by atoms with Crippen molar-refractivity contribution in [1.82, 2.24) is 24.8 Å². The summed E-state index contributed by atoms with van der Waals surface area (Å²) in [4.78, 5) is 46.1. The van der Waals surface area contributed by atoms with Crippen molar-refractivity contribution in [3.8, 4) is 23.3 Å². The fourth-order valence-corrected chi connectivity index (χ4v) is 11.1. The maximum atomic E-state index is 17.7. The van der Waals surface area contributed by atoms with Crippen molar-refractivity contribution >= 4 is 60.8 Å². The topological polar surface area (TPSA) is 160 Å². The number of anilines is 2. The summed E-state index contributed by atoms with van der Waals surface area (Å²) < 4.78 is 65.1. The molecular weight excluding hydrogens is 774 g/mol. The average molecular weight is 817 g/mol. The summed E-state index contributed by atoms with van der Waals surface area (Å²) in [6, 6.07) is 0.878. The maximum absolute atomic E-state index is 17.7. The van der Waals surface area contributed by atoms with Gasteiger partial charge < -0.3 is 24.8 Å². The summed E-state index contributed by atoms with van der Waals surface area (Å²) in [5.41, 5.74) is 7.22. The number of fused-ring (bicyclic) bond motifs is 7. The van der Waals surface area contributed by atoms with Crippen LogP contribution in [0.2, 0.25) is 0 Å². The Morgan fingerprint density at radius 3 is 2.69 bits per heavy atom. The smallest absolute Gasteiger partial charge is 0.413 e. The molecule has 4 aromatic rings. The molecule has 304 valence electrons. The van der Waals surface area contributed by atoms with Gasteiger partial charge in [0.05, 0.1) is 57.1 Å². The van der Waals surface area contributed by atoms with E-state index < -0.39 is 47.6 Å². The van der Waals surface area contributed by atoms with Crippen LogP contribution in [-0.4, -0.2) is 99.2 Å². The monoisotopic (exact) mass is 816 g/mol. The van der Waals surface area contributed by atoms with Crippen molar-refractivity contribution in [1.29, 1.82) is 5.26 Å². The van der Waals surface area contributed by atoms with Crippen LogP contribution < -0.4 is 15.4 Å². The highest BCUT2D eigenvalue weighted by atomic mass is 32.1. The molecule has 1 amide bonds. The summed E-state index contributed by atoms with van der Waals surface area (Å²) in [7, 11) is 0. The highest BCUT2D eigenvalue weighted by Gasteiger charge is 2.52. The number of nitriles is 1. The molecule has 0 saturated carbocycles. The number of carbonyl (C=O) groups is 2. The normalized spacial score (nSPS) is 25.5. The standard InChI is InChI=1S/C41H43F3N8O5S/c1-18(2)38(53)56-21(5)57-40(54)52-23-7-8-26(52)27-11-19(3)28-20(4)29(33-30-24(13-45)36(46)58-35(30)25(43)14-47-33)32(44)34-31(28)37(51(27)16-23)49-39(48-34)55-17-41-9-6-10-50(41)15-22(42)12-41/h14,18,21-23,26-27H,3,6-12,15-17,46H2,1-2,4-5H3/t21?,22-,23-,26?,27-,41+/m1/s1. The van der Waals surface area contributed by atoms with Crippen molar-refractivity contribution in [3.63, 3.8) is 0 Å². The van der Waals surface area contributed by atoms with Gasteiger partial charge in [0.15, 0.2) is 11.6 Å². The van der Waals surface area contributed by atoms with Crippen LogP contribution in [0.5, 0.6) is 6.01 Å². The number of esters is 1. The molecule has 58 heavy (non-hydrogen) atoms. The predicted molar refractivity (Wildman–Crippen MR) is 211 cm³/mol. The van der Waals surface area contributed by atoms with Gasteiger partial charge in [0, 0.05) is 37.4 Å². The number of benzene rings is 1. The molecule has 0 radical (unpaired) electrons. The van der Waals surface area contributed by atoms with Crippen LogP contribution in [0.1, 0.15) is 76.0 Å². The number of ether oxygens (including phenoxy) is 3. The third-order valence-corrected chi connectivity index (χ3v) is 13.7. The van der Waals surface area contributed by atoms with Crippen LogP contribution >= 0.6 is 11.3 Å². The van der Waals surface area contributed by atoms with Gasteiger partial charge in [-0.3, -0.25) is 19.6 Å². The number of aromatic nitrogens is 3. The zero-order valence-corrected chi connectivity index (χ0v) is 33.4. The van der Waals surface area contributed by atoms with Gasteiger partial charge >= 0.3 is 18.1 Å². The van der Waals surface area contributed by atoms with E-state index in [1.54, 1.807) is 25.7 Å². The first kappa shape index (κ1) is 38.3. The lowest BCUT2D eigenvalue weighted by Gasteiger charge is -2.46. The minimum absolute atomic E-state index is 0.00508. The zero-order valence-electron chi connectivity index (χ0n) is 32.6. The summed E-state index contributed by atoms with van der Waals surface area (Å²) in [6.07, 6.45) is 1.88. The third kappa shape index (κ3) is 5.84. The molecule has 2 bridgehead atoms. The van der Waals surface area contributed by atoms with Crippen molar-refractivity contribution in [2.24, 2.45) is 5.92 Å². The number of alkyl halides is 1. The van der Waals surface area contributed by atoms with E-state index in [0.29, 0.717) is 66.7 Å². The van der Waals surface area contributed by atoms with Gasteiger partial charge in [0.1, 0.15) is 35.2 Å². The Kier molecular flexibility index (Phi) is 9.23. The molecular formula is C41H43F3N8O5S. The number of nitrogen functional groups attached to an aromatic ring is 1. The highest BCUT2D eigenvalue weighted by Crippen LogP contribution is 2.51. The van der Waals surface area contributed by atoms with Crippen LogP contribution in [-0.2, 0) is 14.3 Å². The maximum Gasteiger partial charge on any atom is 0.413 e. The van der Waals surface area contributed by atoms with Gasteiger partial charge in [-0.25, -0.2) is 18.0 Å². The largest absolute Gasteiger partial charge is 0.461 e. The number of nitrogens with zero attached hydrogens (tertiary/aromatic N) is 7. The van der Waals surface area contributed by atoms with E-state index in [2.05, 4.69) is 21.4 Å². The molecule has 4 saturated heterocycles. The summed E-state index contributed by atoms with van der Waals surface area (Å²) in [5.74, 6) is -1.95. The number of nitrogens with two attached hydrogens (primary N) is 1. The zero-order chi connectivity index (χ0) is 40.9. The Hall–Kier alpha value is -5.21. The summed E-state index contributed by atoms with van der Waals surface area (Å²) in [6.45, 7) is 12.6. The van der Waals surface area contributed by atoms with Gasteiger partial charge in [0.25, 0.3) is 0 Å². The lowest BCUT2D eigenvalue weighted by Crippen LogP contribution is -2.61. The molecule has 2 unspecified atom stereocenters. The van der Waals surface area contributed by atoms with E-state index >= 15 is 8.78 Å². The molecule has 17 heteroatoms. The Morgan fingerprint density at radius 1 is 1.14 bits per heavy atom. The van der Waals surface area contributed by atoms with Gasteiger partial charge in [-0.15, -0.1) is 11.3 Å². The van der Waals surface area contributed by atoms with Gasteiger partial charge in [-0.05, 0) is 62.3 Å². The Bertz CT molecular complexity index is 2470. The molecule has 0 aliphatic carbocycles. The van der Waals surface area contributed by atoms with Crippen LogP contribution in [0.3, 0.4) is 0 Å². The molecule has 13 nitrogen and oxygen atoms in total. The number of piperazine rings is 1. The van der Waals surface area contributed by atoms with Gasteiger partial charge in [0.2, 0.25) is 6.29 Å². The number of carbonyl (C=O) groups excluding carboxylic acids is 2. The summed E-state index contributed by atoms with van der Waals surface area (Å²) in [5, 5.41) is 10.7. The quantitative estimate of drug-likeness (QED) is 0.150. The molecule has 9 rings (SSSR count). The predicted octanol–water partition coefficient (Wildman–Crippen LogP) is 7.02. The number of halogens is 3. The Labute approximate surface area is 336 Å². The van der Waals surface area contributed by atoms with Crippen LogP contribution in [0, 0.1) is 35.8 Å². The van der Waals surface area contributed by atoms with Crippen molar-refractivity contribution in [3.05, 3.63) is 41.1 Å². The minimum atomic E-state index is -1.10. The third-order valence-electron chi connectivity index (χ3n) is 12.7. The van der Waals surface area contributed by atoms with E-state index in [1.165, 1.54) is 6.92 Å². The second kappa shape index (κ2) is 14.0. The van der Waals surface area contributed by atoms with Gasteiger partial charge in [-0.2, -0.15) is 15.2 Å². The highest BCUT2D eigenvalue weighted by molar-refractivity contribution is 7.23. The van der Waals surface area contributed by atoms with Crippen LogP contribution in [0.25, 0.3) is 37.8 Å².